The molecular weight excluding hydrogens is 338 g/mol. The van der Waals surface area contributed by atoms with E-state index in [2.05, 4.69) is 66.0 Å². The summed E-state index contributed by atoms with van der Waals surface area (Å²) in [7, 11) is 0.590. The number of hydrogen-bond donors (Lipinski definition) is 2. The lowest BCUT2D eigenvalue weighted by atomic mass is 9.62. The van der Waals surface area contributed by atoms with Gasteiger partial charge in [-0.15, -0.1) is 8.46 Å². The van der Waals surface area contributed by atoms with E-state index in [4.69, 9.17) is 5.73 Å². The molecule has 130 valence electrons. The summed E-state index contributed by atoms with van der Waals surface area (Å²) in [6.45, 7) is 0.938. The molecular formula is C21H22BN2OP. The number of rotatable bonds is 7. The molecule has 0 aliphatic heterocycles. The number of nitrogens with two attached hydrogens (primary N) is 1. The minimum atomic E-state index is -0.0759. The third-order valence-corrected chi connectivity index (χ3v) is 5.78. The van der Waals surface area contributed by atoms with Crippen LogP contribution in [-0.4, -0.2) is 25.4 Å². The molecule has 1 unspecified atom stereocenters. The molecule has 0 radical (unpaired) electrons. The minimum absolute atomic E-state index is 0.0759. The molecule has 0 aliphatic rings. The summed E-state index contributed by atoms with van der Waals surface area (Å²) in [5.41, 5.74) is 8.71. The van der Waals surface area contributed by atoms with Crippen molar-refractivity contribution < 1.29 is 4.79 Å². The van der Waals surface area contributed by atoms with Gasteiger partial charge in [0.1, 0.15) is 0 Å². The first-order valence-corrected chi connectivity index (χ1v) is 9.80. The predicted molar refractivity (Wildman–Crippen MR) is 114 cm³/mol. The lowest BCUT2D eigenvalue weighted by Gasteiger charge is -2.15. The number of amides is 1. The van der Waals surface area contributed by atoms with E-state index in [-0.39, 0.29) is 5.91 Å². The van der Waals surface area contributed by atoms with E-state index < -0.39 is 0 Å². The quantitative estimate of drug-likeness (QED) is 0.496. The third-order valence-electron chi connectivity index (χ3n) is 4.15. The molecule has 3 N–H and O–H groups in total. The first-order chi connectivity index (χ1) is 12.8. The Morgan fingerprint density at radius 2 is 1.38 bits per heavy atom. The van der Waals surface area contributed by atoms with Gasteiger partial charge in [-0.1, -0.05) is 83.7 Å². The molecule has 0 bridgehead atoms. The maximum Gasteiger partial charge on any atom is 0.251 e. The molecule has 3 rings (SSSR count). The van der Waals surface area contributed by atoms with Gasteiger partial charge >= 0.3 is 0 Å². The first kappa shape index (κ1) is 18.4. The number of carbonyl (C=O) groups excluding carboxylic acids is 1. The molecule has 0 spiro atoms. The molecule has 5 heteroatoms. The highest BCUT2D eigenvalue weighted by molar-refractivity contribution is 7.86. The molecule has 0 aliphatic carbocycles. The van der Waals surface area contributed by atoms with Crippen molar-refractivity contribution in [2.24, 2.45) is 5.73 Å². The van der Waals surface area contributed by atoms with Gasteiger partial charge in [-0.05, 0) is 17.4 Å². The normalized spacial score (nSPS) is 10.8. The molecule has 0 fully saturated rings. The van der Waals surface area contributed by atoms with Crippen molar-refractivity contribution in [2.45, 2.75) is 0 Å². The number of carbonyl (C=O) groups is 1. The SMILES string of the molecule is NCCNC(=O)c1ccc(PB(c2ccccc2)c2ccccc2)cc1. The van der Waals surface area contributed by atoms with Crippen LogP contribution in [-0.2, 0) is 0 Å². The first-order valence-electron chi connectivity index (χ1n) is 8.72. The zero-order valence-electron chi connectivity index (χ0n) is 14.6. The van der Waals surface area contributed by atoms with E-state index >= 15 is 0 Å². The van der Waals surface area contributed by atoms with Crippen LogP contribution in [0.2, 0.25) is 0 Å². The van der Waals surface area contributed by atoms with Crippen molar-refractivity contribution in [3.8, 4) is 0 Å². The van der Waals surface area contributed by atoms with E-state index in [1.807, 2.05) is 24.3 Å². The zero-order chi connectivity index (χ0) is 18.2. The van der Waals surface area contributed by atoms with E-state index in [0.717, 1.165) is 0 Å². The van der Waals surface area contributed by atoms with Crippen LogP contribution < -0.4 is 27.3 Å². The van der Waals surface area contributed by atoms with Crippen molar-refractivity contribution in [3.05, 3.63) is 90.5 Å². The van der Waals surface area contributed by atoms with Crippen LogP contribution in [0.5, 0.6) is 0 Å². The molecule has 26 heavy (non-hydrogen) atoms. The second-order valence-electron chi connectivity index (χ2n) is 6.02. The Kier molecular flexibility index (Phi) is 6.59. The number of benzene rings is 3. The average Bonchev–Trinajstić information content (AvgIpc) is 2.72. The van der Waals surface area contributed by atoms with Gasteiger partial charge in [0, 0.05) is 18.7 Å². The van der Waals surface area contributed by atoms with Crippen molar-refractivity contribution in [2.75, 3.05) is 13.1 Å². The Labute approximate surface area is 156 Å². The van der Waals surface area contributed by atoms with E-state index in [9.17, 15) is 4.79 Å². The molecule has 0 saturated carbocycles. The fourth-order valence-electron chi connectivity index (χ4n) is 2.82. The fourth-order valence-corrected chi connectivity index (χ4v) is 4.23. The molecule has 3 aromatic rings. The maximum atomic E-state index is 12.0. The smallest absolute Gasteiger partial charge is 0.251 e. The largest absolute Gasteiger partial charge is 0.351 e. The Morgan fingerprint density at radius 1 is 0.846 bits per heavy atom. The van der Waals surface area contributed by atoms with Gasteiger partial charge < -0.3 is 11.1 Å². The van der Waals surface area contributed by atoms with Crippen LogP contribution in [0.15, 0.2) is 84.9 Å². The van der Waals surface area contributed by atoms with Gasteiger partial charge in [-0.2, -0.15) is 0 Å². The second kappa shape index (κ2) is 9.33. The van der Waals surface area contributed by atoms with Crippen LogP contribution in [0.25, 0.3) is 0 Å². The molecule has 3 nitrogen and oxygen atoms in total. The Morgan fingerprint density at radius 3 is 1.88 bits per heavy atom. The summed E-state index contributed by atoms with van der Waals surface area (Å²) in [5.74, 6) is -0.0759. The molecule has 3 aromatic carbocycles. The van der Waals surface area contributed by atoms with Crippen LogP contribution >= 0.6 is 8.46 Å². The van der Waals surface area contributed by atoms with Gasteiger partial charge in [0.05, 0.1) is 0 Å². The maximum absolute atomic E-state index is 12.0. The van der Waals surface area contributed by atoms with E-state index in [1.54, 1.807) is 0 Å². The van der Waals surface area contributed by atoms with E-state index in [1.165, 1.54) is 16.2 Å². The highest BCUT2D eigenvalue weighted by atomic mass is 31.1. The Balaban J connectivity index is 1.80. The van der Waals surface area contributed by atoms with Crippen LogP contribution in [0, 0.1) is 0 Å². The molecule has 0 heterocycles. The average molecular weight is 360 g/mol. The number of nitrogens with one attached hydrogen (secondary N) is 1. The van der Waals surface area contributed by atoms with Gasteiger partial charge in [0.15, 0.2) is 0 Å². The topological polar surface area (TPSA) is 55.1 Å². The zero-order valence-corrected chi connectivity index (χ0v) is 15.6. The van der Waals surface area contributed by atoms with E-state index in [0.29, 0.717) is 33.5 Å². The number of hydrogen-bond acceptors (Lipinski definition) is 2. The third kappa shape index (κ3) is 4.81. The molecule has 0 aromatic heterocycles. The lowest BCUT2D eigenvalue weighted by molar-refractivity contribution is 0.0955. The summed E-state index contributed by atoms with van der Waals surface area (Å²) >= 11 is 0. The standard InChI is InChI=1S/C21H22BN2OP/c23-15-16-24-21(25)17-11-13-20(14-12-17)26-22(18-7-3-1-4-8-18)19-9-5-2-6-10-19/h1-14,26H,15-16,23H2,(H,24,25). The van der Waals surface area contributed by atoms with Gasteiger partial charge in [-0.3, -0.25) is 4.79 Å². The minimum Gasteiger partial charge on any atom is -0.351 e. The Hall–Kier alpha value is -2.42. The van der Waals surface area contributed by atoms with Crippen LogP contribution in [0.1, 0.15) is 10.4 Å². The summed E-state index contributed by atoms with van der Waals surface area (Å²) in [6.07, 6.45) is 0.314. The monoisotopic (exact) mass is 360 g/mol. The van der Waals surface area contributed by atoms with Crippen molar-refractivity contribution >= 4 is 37.0 Å². The fraction of sp³-hybridized carbons (Fsp3) is 0.0952. The van der Waals surface area contributed by atoms with Crippen molar-refractivity contribution in [3.63, 3.8) is 0 Å². The van der Waals surface area contributed by atoms with Crippen molar-refractivity contribution in [1.82, 2.24) is 5.32 Å². The molecule has 1 atom stereocenters. The summed E-state index contributed by atoms with van der Waals surface area (Å²) < 4.78 is 0. The van der Waals surface area contributed by atoms with Gasteiger partial charge in [0.2, 0.25) is 6.43 Å². The summed E-state index contributed by atoms with van der Waals surface area (Å²) in [5, 5.41) is 4.03. The van der Waals surface area contributed by atoms with Gasteiger partial charge in [0.25, 0.3) is 5.91 Å². The van der Waals surface area contributed by atoms with Gasteiger partial charge in [-0.25, -0.2) is 0 Å². The van der Waals surface area contributed by atoms with Crippen LogP contribution in [0.3, 0.4) is 0 Å². The Bertz CT molecular complexity index is 786. The highest BCUT2D eigenvalue weighted by Gasteiger charge is 2.19. The predicted octanol–water partition coefficient (Wildman–Crippen LogP) is 1.48. The second-order valence-corrected chi connectivity index (χ2v) is 7.46. The van der Waals surface area contributed by atoms with Crippen LogP contribution in [0.4, 0.5) is 0 Å². The summed E-state index contributed by atoms with van der Waals surface area (Å²) in [4.78, 5) is 12.0. The highest BCUT2D eigenvalue weighted by Crippen LogP contribution is 2.16. The van der Waals surface area contributed by atoms with Crippen molar-refractivity contribution in [1.29, 1.82) is 0 Å². The molecule has 0 saturated heterocycles. The lowest BCUT2D eigenvalue weighted by Crippen LogP contribution is -2.39. The molecule has 1 amide bonds. The summed E-state index contributed by atoms with van der Waals surface area (Å²) in [6, 6.07) is 29.0.